The zero-order chi connectivity index (χ0) is 16.9. The molecule has 0 unspecified atom stereocenters. The molecule has 3 rings (SSSR count). The molecule has 0 saturated carbocycles. The Kier molecular flexibility index (Phi) is 5.33. The van der Waals surface area contributed by atoms with Gasteiger partial charge in [0.15, 0.2) is 0 Å². The fourth-order valence-corrected chi connectivity index (χ4v) is 3.73. The summed E-state index contributed by atoms with van der Waals surface area (Å²) >= 11 is 1.69. The van der Waals surface area contributed by atoms with Gasteiger partial charge in [-0.2, -0.15) is 0 Å². The average molecular weight is 339 g/mol. The molecule has 24 heavy (non-hydrogen) atoms. The molecule has 0 radical (unpaired) electrons. The summed E-state index contributed by atoms with van der Waals surface area (Å²) in [5, 5.41) is 10.9. The maximum atomic E-state index is 9.77. The summed E-state index contributed by atoms with van der Waals surface area (Å²) in [7, 11) is 0. The molecule has 4 nitrogen and oxygen atoms in total. The second-order valence-electron chi connectivity index (χ2n) is 5.89. The van der Waals surface area contributed by atoms with Crippen LogP contribution in [0, 0.1) is 0 Å². The van der Waals surface area contributed by atoms with E-state index < -0.39 is 0 Å². The van der Waals surface area contributed by atoms with E-state index in [4.69, 9.17) is 4.98 Å². The lowest BCUT2D eigenvalue weighted by Gasteiger charge is -2.13. The predicted molar refractivity (Wildman–Crippen MR) is 96.1 cm³/mol. The van der Waals surface area contributed by atoms with Gasteiger partial charge < -0.3 is 9.67 Å². The molecule has 0 amide bonds. The van der Waals surface area contributed by atoms with Crippen LogP contribution in [0.3, 0.4) is 0 Å². The lowest BCUT2D eigenvalue weighted by Crippen LogP contribution is -2.07. The molecule has 5 heteroatoms. The Morgan fingerprint density at radius 1 is 1.12 bits per heavy atom. The third-order valence-corrected chi connectivity index (χ3v) is 4.87. The van der Waals surface area contributed by atoms with Gasteiger partial charge in [0.05, 0.1) is 12.2 Å². The molecule has 0 atom stereocenters. The number of rotatable bonds is 6. The van der Waals surface area contributed by atoms with Crippen molar-refractivity contribution in [1.29, 1.82) is 0 Å². The Bertz CT molecular complexity index is 785. The Labute approximate surface area is 146 Å². The Morgan fingerprint density at radius 2 is 1.92 bits per heavy atom. The van der Waals surface area contributed by atoms with E-state index in [9.17, 15) is 5.11 Å². The molecule has 2 aromatic heterocycles. The molecule has 1 N–H and O–H groups in total. The van der Waals surface area contributed by atoms with E-state index in [1.54, 1.807) is 18.0 Å². The third-order valence-electron chi connectivity index (χ3n) is 3.73. The van der Waals surface area contributed by atoms with Gasteiger partial charge in [-0.1, -0.05) is 49.9 Å². The van der Waals surface area contributed by atoms with Gasteiger partial charge in [0.2, 0.25) is 0 Å². The highest BCUT2D eigenvalue weighted by atomic mass is 32.2. The molecule has 3 aromatic rings. The number of hydrogen-bond donors (Lipinski definition) is 1. The zero-order valence-corrected chi connectivity index (χ0v) is 14.7. The monoisotopic (exact) mass is 339 g/mol. The molecule has 0 fully saturated rings. The van der Waals surface area contributed by atoms with E-state index in [0.717, 1.165) is 21.2 Å². The van der Waals surface area contributed by atoms with Crippen LogP contribution in [-0.2, 0) is 13.2 Å². The molecule has 1 aromatic carbocycles. The first-order valence-corrected chi connectivity index (χ1v) is 8.82. The van der Waals surface area contributed by atoms with Crippen LogP contribution in [0.25, 0.3) is 0 Å². The first kappa shape index (κ1) is 16.7. The van der Waals surface area contributed by atoms with E-state index >= 15 is 0 Å². The van der Waals surface area contributed by atoms with E-state index in [1.165, 1.54) is 0 Å². The van der Waals surface area contributed by atoms with Crippen molar-refractivity contribution in [3.05, 3.63) is 71.9 Å². The topological polar surface area (TPSA) is 50.9 Å². The maximum absolute atomic E-state index is 9.77. The van der Waals surface area contributed by atoms with Crippen molar-refractivity contribution >= 4 is 11.8 Å². The van der Waals surface area contributed by atoms with Crippen molar-refractivity contribution in [2.24, 2.45) is 0 Å². The Hall–Kier alpha value is -2.11. The van der Waals surface area contributed by atoms with Gasteiger partial charge in [0.1, 0.15) is 17.5 Å². The van der Waals surface area contributed by atoms with Crippen molar-refractivity contribution in [1.82, 2.24) is 14.5 Å². The van der Waals surface area contributed by atoms with E-state index in [2.05, 4.69) is 35.5 Å². The number of pyridine rings is 1. The van der Waals surface area contributed by atoms with Crippen LogP contribution in [-0.4, -0.2) is 19.6 Å². The van der Waals surface area contributed by atoms with Gasteiger partial charge in [-0.3, -0.25) is 4.98 Å². The molecule has 0 aliphatic heterocycles. The van der Waals surface area contributed by atoms with Crippen LogP contribution < -0.4 is 0 Å². The smallest absolute Gasteiger partial charge is 0.136 e. The lowest BCUT2D eigenvalue weighted by atomic mass is 10.1. The summed E-state index contributed by atoms with van der Waals surface area (Å²) in [4.78, 5) is 10.0. The minimum Gasteiger partial charge on any atom is -0.388 e. The standard InChI is InChI=1S/C19H21N3OS/c1-14(2)18-19(24-16-8-4-3-5-9-16)22(17(13-23)21-18)12-15-7-6-10-20-11-15/h3-11,14,23H,12-13H2,1-2H3. The number of imidazole rings is 1. The predicted octanol–water partition coefficient (Wildman–Crippen LogP) is 4.09. The highest BCUT2D eigenvalue weighted by Gasteiger charge is 2.20. The summed E-state index contributed by atoms with van der Waals surface area (Å²) in [6.45, 7) is 4.84. The van der Waals surface area contributed by atoms with Crippen LogP contribution in [0.1, 0.15) is 36.8 Å². The van der Waals surface area contributed by atoms with Crippen LogP contribution in [0.5, 0.6) is 0 Å². The fourth-order valence-electron chi connectivity index (χ4n) is 2.54. The van der Waals surface area contributed by atoms with E-state index in [1.807, 2.05) is 36.5 Å². The minimum absolute atomic E-state index is 0.0741. The molecular formula is C19H21N3OS. The zero-order valence-electron chi connectivity index (χ0n) is 13.9. The van der Waals surface area contributed by atoms with Crippen molar-refractivity contribution in [3.63, 3.8) is 0 Å². The van der Waals surface area contributed by atoms with Gasteiger partial charge in [-0.15, -0.1) is 0 Å². The van der Waals surface area contributed by atoms with Gasteiger partial charge >= 0.3 is 0 Å². The maximum Gasteiger partial charge on any atom is 0.136 e. The number of aromatic nitrogens is 3. The highest BCUT2D eigenvalue weighted by molar-refractivity contribution is 7.99. The SMILES string of the molecule is CC(C)c1nc(CO)n(Cc2cccnc2)c1Sc1ccccc1. The molecular weight excluding hydrogens is 318 g/mol. The Morgan fingerprint density at radius 3 is 2.54 bits per heavy atom. The quantitative estimate of drug-likeness (QED) is 0.735. The first-order chi connectivity index (χ1) is 11.7. The lowest BCUT2D eigenvalue weighted by molar-refractivity contribution is 0.265. The largest absolute Gasteiger partial charge is 0.388 e. The molecule has 124 valence electrons. The summed E-state index contributed by atoms with van der Waals surface area (Å²) in [5.41, 5.74) is 2.12. The minimum atomic E-state index is -0.0741. The van der Waals surface area contributed by atoms with E-state index in [-0.39, 0.29) is 12.5 Å². The molecule has 0 spiro atoms. The molecule has 0 aliphatic carbocycles. The molecule has 0 aliphatic rings. The van der Waals surface area contributed by atoms with E-state index in [0.29, 0.717) is 12.4 Å². The number of aliphatic hydroxyl groups excluding tert-OH is 1. The summed E-state index contributed by atoms with van der Waals surface area (Å²) in [6.07, 6.45) is 3.62. The van der Waals surface area contributed by atoms with Crippen molar-refractivity contribution < 1.29 is 5.11 Å². The first-order valence-electron chi connectivity index (χ1n) is 8.01. The van der Waals surface area contributed by atoms with Crippen LogP contribution >= 0.6 is 11.8 Å². The summed E-state index contributed by atoms with van der Waals surface area (Å²) in [5.74, 6) is 0.984. The second-order valence-corrected chi connectivity index (χ2v) is 6.96. The summed E-state index contributed by atoms with van der Waals surface area (Å²) < 4.78 is 2.10. The van der Waals surface area contributed by atoms with Gasteiger partial charge in [-0.05, 0) is 29.7 Å². The van der Waals surface area contributed by atoms with Crippen LogP contribution in [0.15, 0.2) is 64.8 Å². The van der Waals surface area contributed by atoms with Gasteiger partial charge in [-0.25, -0.2) is 4.98 Å². The van der Waals surface area contributed by atoms with Crippen LogP contribution in [0.4, 0.5) is 0 Å². The molecule has 0 bridgehead atoms. The number of aliphatic hydroxyl groups is 1. The third kappa shape index (κ3) is 3.68. The number of hydrogen-bond acceptors (Lipinski definition) is 4. The second kappa shape index (κ2) is 7.64. The van der Waals surface area contributed by atoms with Gasteiger partial charge in [0.25, 0.3) is 0 Å². The van der Waals surface area contributed by atoms with Crippen molar-refractivity contribution in [2.45, 2.75) is 42.8 Å². The summed E-state index contributed by atoms with van der Waals surface area (Å²) in [6, 6.07) is 14.2. The fraction of sp³-hybridized carbons (Fsp3) is 0.263. The normalized spacial score (nSPS) is 11.2. The van der Waals surface area contributed by atoms with Crippen molar-refractivity contribution in [2.75, 3.05) is 0 Å². The molecule has 2 heterocycles. The van der Waals surface area contributed by atoms with Crippen molar-refractivity contribution in [3.8, 4) is 0 Å². The average Bonchev–Trinajstić information content (AvgIpc) is 2.94. The molecule has 0 saturated heterocycles. The van der Waals surface area contributed by atoms with Gasteiger partial charge in [0, 0.05) is 17.3 Å². The number of benzene rings is 1. The highest BCUT2D eigenvalue weighted by Crippen LogP contribution is 2.35. The Balaban J connectivity index is 2.04. The van der Waals surface area contributed by atoms with Crippen LogP contribution in [0.2, 0.25) is 0 Å². The number of nitrogens with zero attached hydrogens (tertiary/aromatic N) is 3.